The number of aryl methyl sites for hydroxylation is 1. The minimum absolute atomic E-state index is 0.0325. The maximum absolute atomic E-state index is 13.4. The summed E-state index contributed by atoms with van der Waals surface area (Å²) in [5, 5.41) is 1.59. The van der Waals surface area contributed by atoms with Crippen molar-refractivity contribution >= 4 is 39.8 Å². The molecule has 1 aliphatic heterocycles. The van der Waals surface area contributed by atoms with Gasteiger partial charge in [-0.25, -0.2) is 4.98 Å². The normalized spacial score (nSPS) is 13.9. The largest absolute Gasteiger partial charge is 0.382 e. The van der Waals surface area contributed by atoms with E-state index in [1.54, 1.807) is 24.3 Å². The van der Waals surface area contributed by atoms with E-state index < -0.39 is 0 Å². The Hall–Kier alpha value is -3.41. The highest BCUT2D eigenvalue weighted by Crippen LogP contribution is 2.34. The number of morpholine rings is 1. The number of hydrogen-bond donors (Lipinski definition) is 1. The molecule has 5 rings (SSSR count). The van der Waals surface area contributed by atoms with Gasteiger partial charge in [-0.1, -0.05) is 35.9 Å². The number of ether oxygens (including phenoxy) is 1. The van der Waals surface area contributed by atoms with Crippen LogP contribution in [0.4, 0.5) is 11.5 Å². The number of nitrogens with zero attached hydrogens (tertiary/aromatic N) is 2. The number of benzene rings is 3. The standard InChI is InChI=1S/C27H24ClN3O2/c1-17-3-2-4-22(26(32)18-5-8-21(28)9-6-18)25(17)19-7-10-23-20(15-19)16-24(27(29)30-23)31-11-13-33-14-12-31/h2-10,15-16H,11-14H2,1H3,(H2,29,30). The summed E-state index contributed by atoms with van der Waals surface area (Å²) in [5.41, 5.74) is 12.2. The zero-order valence-electron chi connectivity index (χ0n) is 18.3. The first-order chi connectivity index (χ1) is 16.0. The molecule has 4 aromatic rings. The van der Waals surface area contributed by atoms with Gasteiger partial charge in [0.25, 0.3) is 0 Å². The lowest BCUT2D eigenvalue weighted by molar-refractivity contribution is 0.103. The maximum Gasteiger partial charge on any atom is 0.193 e. The number of carbonyl (C=O) groups is 1. The average molecular weight is 458 g/mol. The van der Waals surface area contributed by atoms with Crippen LogP contribution in [0.5, 0.6) is 0 Å². The Morgan fingerprint density at radius 2 is 1.79 bits per heavy atom. The molecule has 0 atom stereocenters. The first kappa shape index (κ1) is 21.4. The van der Waals surface area contributed by atoms with Gasteiger partial charge < -0.3 is 15.4 Å². The molecular formula is C27H24ClN3O2. The average Bonchev–Trinajstić information content (AvgIpc) is 2.84. The van der Waals surface area contributed by atoms with E-state index in [0.29, 0.717) is 35.2 Å². The monoisotopic (exact) mass is 457 g/mol. The first-order valence-corrected chi connectivity index (χ1v) is 11.3. The van der Waals surface area contributed by atoms with Crippen molar-refractivity contribution in [3.8, 4) is 11.1 Å². The molecule has 0 unspecified atom stereocenters. The van der Waals surface area contributed by atoms with Crippen LogP contribution in [0.25, 0.3) is 22.0 Å². The van der Waals surface area contributed by atoms with Crippen LogP contribution in [-0.4, -0.2) is 37.1 Å². The zero-order valence-corrected chi connectivity index (χ0v) is 19.1. The van der Waals surface area contributed by atoms with E-state index in [4.69, 9.17) is 22.1 Å². The number of nitrogens with two attached hydrogens (primary N) is 1. The third-order valence-corrected chi connectivity index (χ3v) is 6.34. The summed E-state index contributed by atoms with van der Waals surface area (Å²) < 4.78 is 5.48. The van der Waals surface area contributed by atoms with Crippen LogP contribution in [-0.2, 0) is 4.74 Å². The molecule has 6 heteroatoms. The lowest BCUT2D eigenvalue weighted by atomic mass is 9.90. The second kappa shape index (κ2) is 8.85. The molecule has 0 radical (unpaired) electrons. The lowest BCUT2D eigenvalue weighted by Crippen LogP contribution is -2.36. The number of halogens is 1. The van der Waals surface area contributed by atoms with Crippen molar-refractivity contribution in [2.24, 2.45) is 0 Å². The number of nitrogen functional groups attached to an aromatic ring is 1. The van der Waals surface area contributed by atoms with E-state index in [-0.39, 0.29) is 5.78 Å². The quantitative estimate of drug-likeness (QED) is 0.409. The molecule has 166 valence electrons. The minimum Gasteiger partial charge on any atom is -0.382 e. The van der Waals surface area contributed by atoms with E-state index in [9.17, 15) is 4.79 Å². The molecule has 0 saturated carbocycles. The molecule has 1 fully saturated rings. The number of carbonyl (C=O) groups excluding carboxylic acids is 1. The van der Waals surface area contributed by atoms with Gasteiger partial charge >= 0.3 is 0 Å². The Balaban J connectivity index is 1.61. The third-order valence-electron chi connectivity index (χ3n) is 6.09. The molecule has 3 aromatic carbocycles. The SMILES string of the molecule is Cc1cccc(C(=O)c2ccc(Cl)cc2)c1-c1ccc2nc(N)c(N3CCOCC3)cc2c1. The summed E-state index contributed by atoms with van der Waals surface area (Å²) >= 11 is 6.01. The van der Waals surface area contributed by atoms with Crippen LogP contribution in [0.15, 0.2) is 66.7 Å². The summed E-state index contributed by atoms with van der Waals surface area (Å²) in [5.74, 6) is 0.488. The van der Waals surface area contributed by atoms with Gasteiger partial charge in [0.05, 0.1) is 24.4 Å². The molecule has 1 aromatic heterocycles. The smallest absolute Gasteiger partial charge is 0.193 e. The molecular weight excluding hydrogens is 434 g/mol. The predicted octanol–water partition coefficient (Wildman–Crippen LogP) is 5.51. The number of aromatic nitrogens is 1. The summed E-state index contributed by atoms with van der Waals surface area (Å²) in [4.78, 5) is 20.2. The van der Waals surface area contributed by atoms with E-state index in [1.807, 2.05) is 37.3 Å². The van der Waals surface area contributed by atoms with Crippen molar-refractivity contribution < 1.29 is 9.53 Å². The van der Waals surface area contributed by atoms with Crippen molar-refractivity contribution in [2.45, 2.75) is 6.92 Å². The fraction of sp³-hybridized carbons (Fsp3) is 0.185. The predicted molar refractivity (Wildman–Crippen MR) is 134 cm³/mol. The second-order valence-corrected chi connectivity index (χ2v) is 8.67. The molecule has 2 heterocycles. The van der Waals surface area contributed by atoms with E-state index in [2.05, 4.69) is 22.0 Å². The summed E-state index contributed by atoms with van der Waals surface area (Å²) in [7, 11) is 0. The maximum atomic E-state index is 13.4. The van der Waals surface area contributed by atoms with Crippen LogP contribution < -0.4 is 10.6 Å². The Labute approximate surface area is 197 Å². The van der Waals surface area contributed by atoms with Gasteiger partial charge in [0.2, 0.25) is 0 Å². The number of anilines is 2. The van der Waals surface area contributed by atoms with Gasteiger partial charge in [-0.3, -0.25) is 4.79 Å². The van der Waals surface area contributed by atoms with Gasteiger partial charge in [-0.2, -0.15) is 0 Å². The van der Waals surface area contributed by atoms with Gasteiger partial charge in [-0.15, -0.1) is 0 Å². The second-order valence-electron chi connectivity index (χ2n) is 8.23. The summed E-state index contributed by atoms with van der Waals surface area (Å²) in [6.45, 7) is 4.95. The Morgan fingerprint density at radius 1 is 1.03 bits per heavy atom. The van der Waals surface area contributed by atoms with Crippen LogP contribution in [0.3, 0.4) is 0 Å². The van der Waals surface area contributed by atoms with Crippen LogP contribution in [0.2, 0.25) is 5.02 Å². The third kappa shape index (κ3) is 4.17. The molecule has 0 amide bonds. The van der Waals surface area contributed by atoms with Crippen molar-refractivity contribution in [3.63, 3.8) is 0 Å². The summed E-state index contributed by atoms with van der Waals surface area (Å²) in [6.07, 6.45) is 0. The van der Waals surface area contributed by atoms with Crippen molar-refractivity contribution in [3.05, 3.63) is 88.4 Å². The highest BCUT2D eigenvalue weighted by atomic mass is 35.5. The highest BCUT2D eigenvalue weighted by Gasteiger charge is 2.19. The molecule has 0 bridgehead atoms. The fourth-order valence-electron chi connectivity index (χ4n) is 4.39. The molecule has 0 spiro atoms. The van der Waals surface area contributed by atoms with Crippen LogP contribution >= 0.6 is 11.6 Å². The van der Waals surface area contributed by atoms with Crippen molar-refractivity contribution in [1.29, 1.82) is 0 Å². The van der Waals surface area contributed by atoms with Crippen LogP contribution in [0.1, 0.15) is 21.5 Å². The highest BCUT2D eigenvalue weighted by molar-refractivity contribution is 6.30. The topological polar surface area (TPSA) is 68.5 Å². The summed E-state index contributed by atoms with van der Waals surface area (Å²) in [6, 6.07) is 21.0. The van der Waals surface area contributed by atoms with E-state index in [0.717, 1.165) is 46.4 Å². The lowest BCUT2D eigenvalue weighted by Gasteiger charge is -2.29. The van der Waals surface area contributed by atoms with Gasteiger partial charge in [0.15, 0.2) is 5.78 Å². The number of hydrogen-bond acceptors (Lipinski definition) is 5. The number of ketones is 1. The van der Waals surface area contributed by atoms with Crippen molar-refractivity contribution in [2.75, 3.05) is 36.9 Å². The molecule has 2 N–H and O–H groups in total. The molecule has 5 nitrogen and oxygen atoms in total. The molecule has 0 aliphatic carbocycles. The Kier molecular flexibility index (Phi) is 5.75. The number of fused-ring (bicyclic) bond motifs is 1. The minimum atomic E-state index is -0.0325. The van der Waals surface area contributed by atoms with E-state index in [1.165, 1.54) is 0 Å². The van der Waals surface area contributed by atoms with Gasteiger partial charge in [-0.05, 0) is 66.1 Å². The Bertz CT molecular complexity index is 1350. The first-order valence-electron chi connectivity index (χ1n) is 10.9. The zero-order chi connectivity index (χ0) is 22.9. The number of pyridine rings is 1. The van der Waals surface area contributed by atoms with Gasteiger partial charge in [0.1, 0.15) is 5.82 Å². The molecule has 1 aliphatic rings. The molecule has 1 saturated heterocycles. The fourth-order valence-corrected chi connectivity index (χ4v) is 4.52. The van der Waals surface area contributed by atoms with Crippen LogP contribution in [0, 0.1) is 6.92 Å². The Morgan fingerprint density at radius 3 is 2.55 bits per heavy atom. The van der Waals surface area contributed by atoms with Gasteiger partial charge in [0, 0.05) is 34.6 Å². The number of rotatable bonds is 4. The molecule has 33 heavy (non-hydrogen) atoms. The van der Waals surface area contributed by atoms with Crippen molar-refractivity contribution in [1.82, 2.24) is 4.98 Å². The van der Waals surface area contributed by atoms with E-state index >= 15 is 0 Å².